The van der Waals surface area contributed by atoms with E-state index in [2.05, 4.69) is 79.7 Å². The summed E-state index contributed by atoms with van der Waals surface area (Å²) in [6.07, 6.45) is 4.32. The molecule has 0 bridgehead atoms. The Labute approximate surface area is 116 Å². The largest absolute Gasteiger partial charge is 0.411 e. The molecule has 0 N–H and O–H groups in total. The smallest absolute Gasteiger partial charge is 0.258 e. The Morgan fingerprint density at radius 3 is 1.74 bits per heavy atom. The minimum Gasteiger partial charge on any atom is -0.411 e. The average Bonchev–Trinajstić information content (AvgIpc) is 2.51. The van der Waals surface area contributed by atoms with Crippen LogP contribution in [0, 0.1) is 0 Å². The van der Waals surface area contributed by atoms with E-state index >= 15 is 0 Å². The van der Waals surface area contributed by atoms with E-state index in [0.717, 1.165) is 6.04 Å². The molecule has 2 aromatic rings. The average molecular weight is 268 g/mol. The molecule has 0 saturated carbocycles. The van der Waals surface area contributed by atoms with Gasteiger partial charge in [-0.05, 0) is 23.3 Å². The molecule has 0 aliphatic carbocycles. The number of rotatable bonds is 5. The third kappa shape index (κ3) is 2.86. The summed E-state index contributed by atoms with van der Waals surface area (Å²) in [5.74, 6) is 0. The van der Waals surface area contributed by atoms with Crippen molar-refractivity contribution in [1.82, 2.24) is 0 Å². The molecule has 2 rings (SSSR count). The lowest BCUT2D eigenvalue weighted by Crippen LogP contribution is -2.59. The zero-order valence-electron chi connectivity index (χ0n) is 11.5. The summed E-state index contributed by atoms with van der Waals surface area (Å²) in [6.45, 7) is 2.06. The first-order valence-electron chi connectivity index (χ1n) is 6.61. The van der Waals surface area contributed by atoms with Gasteiger partial charge in [-0.3, -0.25) is 0 Å². The Bertz CT molecular complexity index is 480. The summed E-state index contributed by atoms with van der Waals surface area (Å²) in [6, 6.07) is 22.2. The Kier molecular flexibility index (Phi) is 4.72. The Morgan fingerprint density at radius 2 is 1.37 bits per heavy atom. The van der Waals surface area contributed by atoms with E-state index in [1.54, 1.807) is 0 Å². The number of allylic oxidation sites excluding steroid dienone is 2. The zero-order chi connectivity index (χ0) is 13.6. The van der Waals surface area contributed by atoms with Crippen molar-refractivity contribution in [2.45, 2.75) is 13.0 Å². The highest BCUT2D eigenvalue weighted by Gasteiger charge is 2.37. The van der Waals surface area contributed by atoms with Gasteiger partial charge in [0.25, 0.3) is 8.32 Å². The Hall–Kier alpha value is -1.64. The molecule has 0 atom stereocenters. The van der Waals surface area contributed by atoms with Crippen molar-refractivity contribution in [1.29, 1.82) is 0 Å². The van der Waals surface area contributed by atoms with Crippen LogP contribution in [0.5, 0.6) is 0 Å². The van der Waals surface area contributed by atoms with Gasteiger partial charge in [0.2, 0.25) is 0 Å². The monoisotopic (exact) mass is 268 g/mol. The summed E-state index contributed by atoms with van der Waals surface area (Å²) in [4.78, 5) is 0. The molecule has 0 aromatic heterocycles. The molecule has 0 saturated heterocycles. The third-order valence-corrected chi connectivity index (χ3v) is 7.51. The van der Waals surface area contributed by atoms with E-state index in [9.17, 15) is 0 Å². The molecular weight excluding hydrogens is 248 g/mol. The first-order valence-corrected chi connectivity index (χ1v) is 8.72. The SMILES string of the molecule is CC=CC[Si](OC)(c1ccccc1)c1ccccc1. The lowest BCUT2D eigenvalue weighted by Gasteiger charge is -2.29. The molecule has 0 amide bonds. The molecule has 0 aliphatic rings. The second-order valence-corrected chi connectivity index (χ2v) is 8.16. The van der Waals surface area contributed by atoms with Gasteiger partial charge in [0.05, 0.1) is 0 Å². The van der Waals surface area contributed by atoms with Crippen molar-refractivity contribution >= 4 is 18.7 Å². The summed E-state index contributed by atoms with van der Waals surface area (Å²) in [5.41, 5.74) is 0. The van der Waals surface area contributed by atoms with Crippen LogP contribution >= 0.6 is 0 Å². The van der Waals surface area contributed by atoms with Crippen LogP contribution in [0.4, 0.5) is 0 Å². The van der Waals surface area contributed by atoms with Crippen molar-refractivity contribution in [3.63, 3.8) is 0 Å². The molecule has 19 heavy (non-hydrogen) atoms. The maximum atomic E-state index is 6.10. The van der Waals surface area contributed by atoms with Gasteiger partial charge in [0.15, 0.2) is 0 Å². The fourth-order valence-corrected chi connectivity index (χ4v) is 5.89. The van der Waals surface area contributed by atoms with Crippen LogP contribution in [0.3, 0.4) is 0 Å². The van der Waals surface area contributed by atoms with Gasteiger partial charge in [0.1, 0.15) is 0 Å². The van der Waals surface area contributed by atoms with Crippen molar-refractivity contribution in [3.05, 3.63) is 72.8 Å². The van der Waals surface area contributed by atoms with Crippen LogP contribution in [-0.2, 0) is 4.43 Å². The molecule has 0 spiro atoms. The number of hydrogen-bond acceptors (Lipinski definition) is 1. The summed E-state index contributed by atoms with van der Waals surface area (Å²) in [7, 11) is -0.286. The maximum Gasteiger partial charge on any atom is 0.258 e. The minimum absolute atomic E-state index is 0.966. The Balaban J connectivity index is 2.54. The predicted octanol–water partition coefficient (Wildman–Crippen LogP) is 2.97. The molecule has 0 unspecified atom stereocenters. The van der Waals surface area contributed by atoms with Gasteiger partial charge < -0.3 is 4.43 Å². The van der Waals surface area contributed by atoms with Gasteiger partial charge in [-0.15, -0.1) is 0 Å². The van der Waals surface area contributed by atoms with E-state index in [4.69, 9.17) is 4.43 Å². The number of benzene rings is 2. The Morgan fingerprint density at radius 1 is 0.895 bits per heavy atom. The molecule has 0 radical (unpaired) electrons. The minimum atomic E-state index is -2.13. The van der Waals surface area contributed by atoms with Gasteiger partial charge >= 0.3 is 0 Å². The summed E-state index contributed by atoms with van der Waals surface area (Å²) < 4.78 is 6.10. The van der Waals surface area contributed by atoms with Crippen LogP contribution in [-0.4, -0.2) is 15.4 Å². The van der Waals surface area contributed by atoms with Crippen LogP contribution < -0.4 is 10.4 Å². The second-order valence-electron chi connectivity index (χ2n) is 4.54. The molecule has 2 heteroatoms. The quantitative estimate of drug-likeness (QED) is 0.598. The van der Waals surface area contributed by atoms with Crippen molar-refractivity contribution < 1.29 is 4.43 Å². The molecule has 0 fully saturated rings. The second kappa shape index (κ2) is 6.50. The lowest BCUT2D eigenvalue weighted by atomic mass is 10.4. The van der Waals surface area contributed by atoms with Crippen LogP contribution in [0.15, 0.2) is 72.8 Å². The molecule has 1 nitrogen and oxygen atoms in total. The zero-order valence-corrected chi connectivity index (χ0v) is 12.5. The van der Waals surface area contributed by atoms with E-state index in [0.29, 0.717) is 0 Å². The highest BCUT2D eigenvalue weighted by atomic mass is 28.4. The summed E-state index contributed by atoms with van der Waals surface area (Å²) in [5, 5.41) is 2.64. The fourth-order valence-electron chi connectivity index (χ4n) is 2.42. The highest BCUT2D eigenvalue weighted by molar-refractivity contribution is 6.97. The van der Waals surface area contributed by atoms with Crippen LogP contribution in [0.1, 0.15) is 6.92 Å². The predicted molar refractivity (Wildman–Crippen MR) is 84.5 cm³/mol. The van der Waals surface area contributed by atoms with Crippen LogP contribution in [0.25, 0.3) is 0 Å². The van der Waals surface area contributed by atoms with Crippen molar-refractivity contribution in [3.8, 4) is 0 Å². The standard InChI is InChI=1S/C17H20OSi/c1-3-4-15-19(18-2,16-11-7-5-8-12-16)17-13-9-6-10-14-17/h3-14H,15H2,1-2H3. The fraction of sp³-hybridized carbons (Fsp3) is 0.176. The van der Waals surface area contributed by atoms with Gasteiger partial charge in [-0.25, -0.2) is 0 Å². The van der Waals surface area contributed by atoms with E-state index in [-0.39, 0.29) is 0 Å². The van der Waals surface area contributed by atoms with E-state index in [1.807, 2.05) is 7.11 Å². The maximum absolute atomic E-state index is 6.10. The van der Waals surface area contributed by atoms with E-state index in [1.165, 1.54) is 10.4 Å². The molecule has 2 aromatic carbocycles. The lowest BCUT2D eigenvalue weighted by molar-refractivity contribution is 0.418. The number of hydrogen-bond donors (Lipinski definition) is 0. The van der Waals surface area contributed by atoms with Crippen LogP contribution in [0.2, 0.25) is 6.04 Å². The highest BCUT2D eigenvalue weighted by Crippen LogP contribution is 2.13. The van der Waals surface area contributed by atoms with Gasteiger partial charge in [0, 0.05) is 7.11 Å². The third-order valence-electron chi connectivity index (χ3n) is 3.47. The van der Waals surface area contributed by atoms with Crippen molar-refractivity contribution in [2.75, 3.05) is 7.11 Å². The van der Waals surface area contributed by atoms with E-state index < -0.39 is 8.32 Å². The van der Waals surface area contributed by atoms with Gasteiger partial charge in [-0.2, -0.15) is 0 Å². The normalized spacial score (nSPS) is 11.9. The molecule has 98 valence electrons. The van der Waals surface area contributed by atoms with Gasteiger partial charge in [-0.1, -0.05) is 72.8 Å². The first-order chi connectivity index (χ1) is 9.33. The molecular formula is C17H20OSi. The molecule has 0 aliphatic heterocycles. The van der Waals surface area contributed by atoms with Crippen molar-refractivity contribution in [2.24, 2.45) is 0 Å². The first kappa shape index (κ1) is 13.8. The topological polar surface area (TPSA) is 9.23 Å². The molecule has 0 heterocycles. The summed E-state index contributed by atoms with van der Waals surface area (Å²) >= 11 is 0.